The summed E-state index contributed by atoms with van der Waals surface area (Å²) < 4.78 is 5.51. The molecule has 1 aromatic heterocycles. The van der Waals surface area contributed by atoms with Gasteiger partial charge in [0, 0.05) is 31.7 Å². The SMILES string of the molecule is CC(CC1COCCN1)Nc1ccc(N2CCCCC2)nc1. The third-order valence-electron chi connectivity index (χ3n) is 4.48. The Hall–Kier alpha value is -1.33. The minimum atomic E-state index is 0.404. The molecule has 5 nitrogen and oxygen atoms in total. The van der Waals surface area contributed by atoms with Gasteiger partial charge in [-0.15, -0.1) is 0 Å². The van der Waals surface area contributed by atoms with Crippen LogP contribution in [0.3, 0.4) is 0 Å². The second-order valence-electron chi connectivity index (χ2n) is 6.46. The van der Waals surface area contributed by atoms with Gasteiger partial charge < -0.3 is 20.3 Å². The van der Waals surface area contributed by atoms with E-state index in [1.54, 1.807) is 0 Å². The highest BCUT2D eigenvalue weighted by Gasteiger charge is 2.16. The summed E-state index contributed by atoms with van der Waals surface area (Å²) in [6.45, 7) is 7.11. The van der Waals surface area contributed by atoms with Crippen molar-refractivity contribution in [2.45, 2.75) is 44.7 Å². The van der Waals surface area contributed by atoms with E-state index in [1.165, 1.54) is 19.3 Å². The van der Waals surface area contributed by atoms with Crippen LogP contribution in [-0.4, -0.2) is 49.9 Å². The molecule has 2 aliphatic rings. The van der Waals surface area contributed by atoms with Gasteiger partial charge in [0.25, 0.3) is 0 Å². The average molecular weight is 304 g/mol. The predicted octanol–water partition coefficient (Wildman–Crippen LogP) is 2.25. The number of rotatable bonds is 5. The van der Waals surface area contributed by atoms with Gasteiger partial charge in [0.15, 0.2) is 0 Å². The molecule has 5 heteroatoms. The fourth-order valence-corrected chi connectivity index (χ4v) is 3.32. The van der Waals surface area contributed by atoms with Crippen LogP contribution >= 0.6 is 0 Å². The highest BCUT2D eigenvalue weighted by molar-refractivity contribution is 5.49. The second kappa shape index (κ2) is 7.79. The molecule has 2 aliphatic heterocycles. The van der Waals surface area contributed by atoms with E-state index in [1.807, 2.05) is 6.20 Å². The number of pyridine rings is 1. The highest BCUT2D eigenvalue weighted by atomic mass is 16.5. The zero-order valence-corrected chi connectivity index (χ0v) is 13.6. The summed E-state index contributed by atoms with van der Waals surface area (Å²) in [5.41, 5.74) is 1.10. The van der Waals surface area contributed by atoms with Crippen molar-refractivity contribution in [1.29, 1.82) is 0 Å². The lowest BCUT2D eigenvalue weighted by molar-refractivity contribution is 0.0731. The van der Waals surface area contributed by atoms with Crippen molar-refractivity contribution in [2.24, 2.45) is 0 Å². The Labute approximate surface area is 133 Å². The number of morpholine rings is 1. The number of aromatic nitrogens is 1. The van der Waals surface area contributed by atoms with Crippen molar-refractivity contribution in [3.8, 4) is 0 Å². The van der Waals surface area contributed by atoms with Crippen LogP contribution in [0.5, 0.6) is 0 Å². The molecule has 0 saturated carbocycles. The number of hydrogen-bond acceptors (Lipinski definition) is 5. The zero-order chi connectivity index (χ0) is 15.2. The maximum atomic E-state index is 5.51. The number of hydrogen-bond donors (Lipinski definition) is 2. The summed E-state index contributed by atoms with van der Waals surface area (Å²) in [4.78, 5) is 7.01. The maximum absolute atomic E-state index is 5.51. The van der Waals surface area contributed by atoms with Gasteiger partial charge in [0.2, 0.25) is 0 Å². The normalized spacial score (nSPS) is 24.0. The van der Waals surface area contributed by atoms with E-state index in [-0.39, 0.29) is 0 Å². The monoisotopic (exact) mass is 304 g/mol. The Morgan fingerprint density at radius 1 is 1.36 bits per heavy atom. The smallest absolute Gasteiger partial charge is 0.128 e. The van der Waals surface area contributed by atoms with Crippen LogP contribution < -0.4 is 15.5 Å². The van der Waals surface area contributed by atoms with E-state index in [9.17, 15) is 0 Å². The summed E-state index contributed by atoms with van der Waals surface area (Å²) in [5, 5.41) is 7.04. The molecule has 122 valence electrons. The first-order valence-corrected chi connectivity index (χ1v) is 8.60. The molecule has 0 bridgehead atoms. The van der Waals surface area contributed by atoms with Crippen molar-refractivity contribution >= 4 is 11.5 Å². The molecule has 3 heterocycles. The minimum Gasteiger partial charge on any atom is -0.381 e. The molecule has 0 amide bonds. The van der Waals surface area contributed by atoms with E-state index < -0.39 is 0 Å². The molecule has 2 unspecified atom stereocenters. The summed E-state index contributed by atoms with van der Waals surface area (Å²) in [6, 6.07) is 5.15. The Morgan fingerprint density at radius 2 is 2.23 bits per heavy atom. The van der Waals surface area contributed by atoms with Gasteiger partial charge >= 0.3 is 0 Å². The minimum absolute atomic E-state index is 0.404. The molecule has 0 spiro atoms. The summed E-state index contributed by atoms with van der Waals surface area (Å²) in [6.07, 6.45) is 6.95. The average Bonchev–Trinajstić information content (AvgIpc) is 2.57. The van der Waals surface area contributed by atoms with E-state index >= 15 is 0 Å². The fraction of sp³-hybridized carbons (Fsp3) is 0.706. The van der Waals surface area contributed by atoms with E-state index in [0.29, 0.717) is 12.1 Å². The van der Waals surface area contributed by atoms with E-state index in [4.69, 9.17) is 4.74 Å². The predicted molar refractivity (Wildman–Crippen MR) is 90.6 cm³/mol. The van der Waals surface area contributed by atoms with Crippen LogP contribution in [0, 0.1) is 0 Å². The molecule has 2 N–H and O–H groups in total. The number of piperidine rings is 1. The summed E-state index contributed by atoms with van der Waals surface area (Å²) in [5.74, 6) is 1.11. The molecule has 2 fully saturated rings. The molecule has 22 heavy (non-hydrogen) atoms. The van der Waals surface area contributed by atoms with Crippen molar-refractivity contribution in [3.05, 3.63) is 18.3 Å². The van der Waals surface area contributed by atoms with Crippen molar-refractivity contribution in [1.82, 2.24) is 10.3 Å². The summed E-state index contributed by atoms with van der Waals surface area (Å²) >= 11 is 0. The fourth-order valence-electron chi connectivity index (χ4n) is 3.32. The van der Waals surface area contributed by atoms with Crippen LogP contribution in [0.25, 0.3) is 0 Å². The lowest BCUT2D eigenvalue weighted by Crippen LogP contribution is -2.43. The first kappa shape index (κ1) is 15.6. The molecular weight excluding hydrogens is 276 g/mol. The highest BCUT2D eigenvalue weighted by Crippen LogP contribution is 2.19. The van der Waals surface area contributed by atoms with Crippen LogP contribution in [0.1, 0.15) is 32.6 Å². The van der Waals surface area contributed by atoms with Crippen LogP contribution in [0.15, 0.2) is 18.3 Å². The quantitative estimate of drug-likeness (QED) is 0.874. The Balaban J connectivity index is 1.49. The molecule has 0 aromatic carbocycles. The second-order valence-corrected chi connectivity index (χ2v) is 6.46. The first-order chi connectivity index (χ1) is 10.8. The van der Waals surface area contributed by atoms with Gasteiger partial charge in [-0.25, -0.2) is 4.98 Å². The molecule has 0 aliphatic carbocycles. The molecule has 0 radical (unpaired) electrons. The Kier molecular flexibility index (Phi) is 5.51. The topological polar surface area (TPSA) is 49.4 Å². The lowest BCUT2D eigenvalue weighted by atomic mass is 10.1. The van der Waals surface area contributed by atoms with Crippen molar-refractivity contribution < 1.29 is 4.74 Å². The van der Waals surface area contributed by atoms with Gasteiger partial charge in [-0.3, -0.25) is 0 Å². The number of nitrogens with zero attached hydrogens (tertiary/aromatic N) is 2. The number of ether oxygens (including phenoxy) is 1. The standard InChI is InChI=1S/C17H28N4O/c1-14(11-16-13-22-10-7-18-16)20-15-5-6-17(19-12-15)21-8-3-2-4-9-21/h5-6,12,14,16,18,20H,2-4,7-11,13H2,1H3. The maximum Gasteiger partial charge on any atom is 0.128 e. The van der Waals surface area contributed by atoms with E-state index in [2.05, 4.69) is 39.6 Å². The van der Waals surface area contributed by atoms with Crippen LogP contribution in [0.4, 0.5) is 11.5 Å². The van der Waals surface area contributed by atoms with Gasteiger partial charge in [-0.05, 0) is 44.7 Å². The van der Waals surface area contributed by atoms with Gasteiger partial charge in [-0.1, -0.05) is 0 Å². The summed E-state index contributed by atoms with van der Waals surface area (Å²) in [7, 11) is 0. The van der Waals surface area contributed by atoms with Crippen LogP contribution in [-0.2, 0) is 4.74 Å². The molecule has 2 atom stereocenters. The van der Waals surface area contributed by atoms with Crippen molar-refractivity contribution in [2.75, 3.05) is 43.1 Å². The molecule has 1 aromatic rings. The Bertz CT molecular complexity index is 438. The van der Waals surface area contributed by atoms with Gasteiger partial charge in [0.05, 0.1) is 25.1 Å². The third kappa shape index (κ3) is 4.34. The number of anilines is 2. The van der Waals surface area contributed by atoms with Crippen molar-refractivity contribution in [3.63, 3.8) is 0 Å². The third-order valence-corrected chi connectivity index (χ3v) is 4.48. The van der Waals surface area contributed by atoms with Gasteiger partial charge in [-0.2, -0.15) is 0 Å². The molecule has 3 rings (SSSR count). The largest absolute Gasteiger partial charge is 0.381 e. The first-order valence-electron chi connectivity index (χ1n) is 8.60. The van der Waals surface area contributed by atoms with E-state index in [0.717, 1.165) is 50.8 Å². The van der Waals surface area contributed by atoms with Gasteiger partial charge in [0.1, 0.15) is 5.82 Å². The number of nitrogens with one attached hydrogen (secondary N) is 2. The lowest BCUT2D eigenvalue weighted by Gasteiger charge is -2.28. The Morgan fingerprint density at radius 3 is 2.91 bits per heavy atom. The zero-order valence-electron chi connectivity index (χ0n) is 13.6. The molecular formula is C17H28N4O. The van der Waals surface area contributed by atoms with Crippen LogP contribution in [0.2, 0.25) is 0 Å². The molecule has 2 saturated heterocycles.